The highest BCUT2D eigenvalue weighted by molar-refractivity contribution is 5.97. The molecule has 0 spiro atoms. The van der Waals surface area contributed by atoms with Crippen molar-refractivity contribution < 1.29 is 19.5 Å². The zero-order valence-electron chi connectivity index (χ0n) is 15.2. The van der Waals surface area contributed by atoms with E-state index in [4.69, 9.17) is 4.84 Å². The average molecular weight is 389 g/mol. The molecule has 0 saturated heterocycles. The molecule has 0 aliphatic rings. The molecule has 4 aromatic rings. The molecule has 0 saturated carbocycles. The fourth-order valence-electron chi connectivity index (χ4n) is 2.84. The first kappa shape index (κ1) is 18.1. The van der Waals surface area contributed by atoms with Crippen LogP contribution in [0.2, 0.25) is 0 Å². The molecule has 9 nitrogen and oxygen atoms in total. The molecule has 2 heterocycles. The molecule has 0 aliphatic heterocycles. The maximum absolute atomic E-state index is 12.4. The molecular weight excluding hydrogens is 374 g/mol. The standard InChI is InChI=1S/C20H15N5O4/c1-12(26)29-25-17-10-6-5-9-14(17)18(20(25)28)23-24-19(27)16-11-15(21-22-16)13-7-3-2-4-8-13/h2-11,28H,1H3,(H,21,22). The summed E-state index contributed by atoms with van der Waals surface area (Å²) in [7, 11) is 0. The second-order valence-electron chi connectivity index (χ2n) is 6.10. The van der Waals surface area contributed by atoms with Crippen LogP contribution in [0.1, 0.15) is 17.4 Å². The number of para-hydroxylation sites is 1. The van der Waals surface area contributed by atoms with Crippen molar-refractivity contribution in [1.82, 2.24) is 14.9 Å². The number of aromatic nitrogens is 3. The Hall–Kier alpha value is -4.27. The smallest absolute Gasteiger partial charge is 0.330 e. The lowest BCUT2D eigenvalue weighted by Crippen LogP contribution is -2.15. The summed E-state index contributed by atoms with van der Waals surface area (Å²) < 4.78 is 0.945. The Morgan fingerprint density at radius 2 is 1.83 bits per heavy atom. The number of nitrogens with zero attached hydrogens (tertiary/aromatic N) is 4. The van der Waals surface area contributed by atoms with Crippen LogP contribution in [0.25, 0.3) is 22.2 Å². The van der Waals surface area contributed by atoms with Gasteiger partial charge >= 0.3 is 11.9 Å². The molecule has 0 aliphatic carbocycles. The highest BCUT2D eigenvalue weighted by Gasteiger charge is 2.19. The van der Waals surface area contributed by atoms with Crippen molar-refractivity contribution in [3.8, 4) is 17.1 Å². The van der Waals surface area contributed by atoms with Crippen molar-refractivity contribution in [1.29, 1.82) is 0 Å². The summed E-state index contributed by atoms with van der Waals surface area (Å²) in [4.78, 5) is 28.7. The molecule has 29 heavy (non-hydrogen) atoms. The molecule has 2 N–H and O–H groups in total. The van der Waals surface area contributed by atoms with Crippen LogP contribution in [0.5, 0.6) is 5.88 Å². The number of nitrogens with one attached hydrogen (secondary N) is 1. The maximum Gasteiger partial charge on any atom is 0.330 e. The van der Waals surface area contributed by atoms with E-state index in [0.717, 1.165) is 10.3 Å². The van der Waals surface area contributed by atoms with Gasteiger partial charge in [-0.2, -0.15) is 5.10 Å². The van der Waals surface area contributed by atoms with Crippen LogP contribution >= 0.6 is 0 Å². The number of amides is 1. The van der Waals surface area contributed by atoms with E-state index in [-0.39, 0.29) is 11.4 Å². The van der Waals surface area contributed by atoms with E-state index < -0.39 is 17.8 Å². The van der Waals surface area contributed by atoms with Crippen molar-refractivity contribution in [2.24, 2.45) is 10.2 Å². The SMILES string of the molecule is CC(=O)On1c(O)c(N=NC(=O)c2cc(-c3ccccc3)n[nH]2)c2ccccc21. The van der Waals surface area contributed by atoms with Gasteiger partial charge in [0.15, 0.2) is 5.69 Å². The second kappa shape index (κ2) is 7.39. The van der Waals surface area contributed by atoms with Crippen molar-refractivity contribution in [2.75, 3.05) is 0 Å². The van der Waals surface area contributed by atoms with E-state index in [1.165, 1.54) is 6.92 Å². The quantitative estimate of drug-likeness (QED) is 0.516. The van der Waals surface area contributed by atoms with Crippen LogP contribution in [-0.2, 0) is 4.79 Å². The fourth-order valence-corrected chi connectivity index (χ4v) is 2.84. The lowest BCUT2D eigenvalue weighted by atomic mass is 10.1. The zero-order valence-corrected chi connectivity index (χ0v) is 15.2. The Morgan fingerprint density at radius 1 is 1.10 bits per heavy atom. The van der Waals surface area contributed by atoms with Gasteiger partial charge < -0.3 is 9.94 Å². The van der Waals surface area contributed by atoms with Gasteiger partial charge in [-0.1, -0.05) is 48.5 Å². The van der Waals surface area contributed by atoms with Gasteiger partial charge in [0.05, 0.1) is 11.2 Å². The predicted molar refractivity (Wildman–Crippen MR) is 104 cm³/mol. The molecule has 2 aromatic heterocycles. The van der Waals surface area contributed by atoms with E-state index in [0.29, 0.717) is 16.6 Å². The number of aromatic hydroxyl groups is 1. The number of fused-ring (bicyclic) bond motifs is 1. The minimum Gasteiger partial charge on any atom is -0.491 e. The lowest BCUT2D eigenvalue weighted by Gasteiger charge is -2.03. The summed E-state index contributed by atoms with van der Waals surface area (Å²) in [5.41, 5.74) is 2.02. The number of benzene rings is 2. The molecule has 0 bridgehead atoms. The number of carbonyl (C=O) groups excluding carboxylic acids is 2. The van der Waals surface area contributed by atoms with Crippen LogP contribution in [-0.4, -0.2) is 31.9 Å². The molecule has 4 rings (SSSR count). The van der Waals surface area contributed by atoms with E-state index in [1.807, 2.05) is 30.3 Å². The third-order valence-electron chi connectivity index (χ3n) is 4.12. The first-order valence-electron chi connectivity index (χ1n) is 8.63. The summed E-state index contributed by atoms with van der Waals surface area (Å²) in [6, 6.07) is 17.7. The summed E-state index contributed by atoms with van der Waals surface area (Å²) in [5, 5.41) is 25.2. The molecule has 1 amide bonds. The molecule has 0 atom stereocenters. The van der Waals surface area contributed by atoms with Crippen LogP contribution in [0.3, 0.4) is 0 Å². The Bertz CT molecular complexity index is 1240. The van der Waals surface area contributed by atoms with E-state index in [2.05, 4.69) is 20.4 Å². The fraction of sp³-hybridized carbons (Fsp3) is 0.0500. The number of H-pyrrole nitrogens is 1. The van der Waals surface area contributed by atoms with Crippen LogP contribution in [0, 0.1) is 0 Å². The van der Waals surface area contributed by atoms with Gasteiger partial charge in [-0.05, 0) is 12.1 Å². The highest BCUT2D eigenvalue weighted by atomic mass is 16.7. The average Bonchev–Trinajstić information content (AvgIpc) is 3.32. The number of azo groups is 1. The molecule has 0 radical (unpaired) electrons. The number of aromatic amines is 1. The van der Waals surface area contributed by atoms with Crippen molar-refractivity contribution >= 4 is 28.5 Å². The number of carbonyl (C=O) groups is 2. The molecule has 9 heteroatoms. The molecule has 0 unspecified atom stereocenters. The first-order chi connectivity index (χ1) is 14.0. The monoisotopic (exact) mass is 389 g/mol. The lowest BCUT2D eigenvalue weighted by molar-refractivity contribution is -0.141. The van der Waals surface area contributed by atoms with Crippen molar-refractivity contribution in [2.45, 2.75) is 6.92 Å². The Labute approximate surface area is 164 Å². The summed E-state index contributed by atoms with van der Waals surface area (Å²) in [5.74, 6) is -1.72. The number of rotatable bonds is 4. The van der Waals surface area contributed by atoms with Gasteiger partial charge in [-0.3, -0.25) is 9.89 Å². The molecule has 2 aromatic carbocycles. The van der Waals surface area contributed by atoms with Crippen molar-refractivity contribution in [3.05, 3.63) is 66.4 Å². The van der Waals surface area contributed by atoms with E-state index >= 15 is 0 Å². The largest absolute Gasteiger partial charge is 0.491 e. The summed E-state index contributed by atoms with van der Waals surface area (Å²) >= 11 is 0. The van der Waals surface area contributed by atoms with Gasteiger partial charge in [-0.15, -0.1) is 15.0 Å². The van der Waals surface area contributed by atoms with Crippen LogP contribution in [0.4, 0.5) is 5.69 Å². The topological polar surface area (TPSA) is 122 Å². The van der Waals surface area contributed by atoms with Gasteiger partial charge in [0.2, 0.25) is 0 Å². The number of hydrogen-bond donors (Lipinski definition) is 2. The van der Waals surface area contributed by atoms with Crippen molar-refractivity contribution in [3.63, 3.8) is 0 Å². The summed E-state index contributed by atoms with van der Waals surface area (Å²) in [6.45, 7) is 1.21. The molecular formula is C20H15N5O4. The van der Waals surface area contributed by atoms with Gasteiger partial charge in [0.25, 0.3) is 5.88 Å². The van der Waals surface area contributed by atoms with E-state index in [1.54, 1.807) is 30.3 Å². The van der Waals surface area contributed by atoms with Gasteiger partial charge in [-0.25, -0.2) is 4.79 Å². The maximum atomic E-state index is 12.4. The zero-order chi connectivity index (χ0) is 20.4. The third kappa shape index (κ3) is 3.48. The first-order valence-corrected chi connectivity index (χ1v) is 8.63. The summed E-state index contributed by atoms with van der Waals surface area (Å²) in [6.07, 6.45) is 0. The number of hydrogen-bond acceptors (Lipinski definition) is 6. The van der Waals surface area contributed by atoms with Gasteiger partial charge in [0.1, 0.15) is 5.69 Å². The van der Waals surface area contributed by atoms with Crippen LogP contribution < -0.4 is 4.84 Å². The van der Waals surface area contributed by atoms with Crippen LogP contribution in [0.15, 0.2) is 70.9 Å². The third-order valence-corrected chi connectivity index (χ3v) is 4.12. The second-order valence-corrected chi connectivity index (χ2v) is 6.10. The highest BCUT2D eigenvalue weighted by Crippen LogP contribution is 2.38. The Kier molecular flexibility index (Phi) is 4.62. The minimum absolute atomic E-state index is 0.0120. The van der Waals surface area contributed by atoms with E-state index in [9.17, 15) is 14.7 Å². The molecule has 0 fully saturated rings. The molecule has 144 valence electrons. The predicted octanol–water partition coefficient (Wildman–Crippen LogP) is 3.64. The minimum atomic E-state index is -0.664. The van der Waals surface area contributed by atoms with Gasteiger partial charge in [0, 0.05) is 17.9 Å². The Balaban J connectivity index is 1.65. The Morgan fingerprint density at radius 3 is 2.59 bits per heavy atom. The normalized spacial score (nSPS) is 11.2.